The fraction of sp³-hybridized carbons (Fsp3) is 0.333. The van der Waals surface area contributed by atoms with Crippen molar-refractivity contribution < 1.29 is 9.90 Å². The van der Waals surface area contributed by atoms with Crippen LogP contribution in [-0.4, -0.2) is 30.6 Å². The van der Waals surface area contributed by atoms with Crippen LogP contribution in [0.2, 0.25) is 5.02 Å². The zero-order valence-corrected chi connectivity index (χ0v) is 18.3. The molecule has 1 atom stereocenters. The number of hydrogen-bond donors (Lipinski definition) is 1. The Bertz CT molecular complexity index is 1030. The number of carbonyl (C=O) groups excluding carboxylic acids is 1. The number of aromatic nitrogens is 4. The highest BCUT2D eigenvalue weighted by Gasteiger charge is 2.22. The molecular formula is C21H23ClN4O2S. The van der Waals surface area contributed by atoms with Crippen LogP contribution in [-0.2, 0) is 19.1 Å². The standard InChI is InChI=1S/C21H23ClN4O2S/c1-13(29-20-25-24-12-26(20)4)15-7-5-6-14(8-15)9-19(27)18-10-16(21(2,3)28)17(22)11-23-18/h5-8,10-13,28H,9H2,1-4H3/t13-/m0/s1. The van der Waals surface area contributed by atoms with E-state index in [-0.39, 0.29) is 17.5 Å². The molecule has 3 aromatic rings. The molecule has 0 saturated heterocycles. The average molecular weight is 431 g/mol. The smallest absolute Gasteiger partial charge is 0.191 e. The number of Topliss-reactive ketones (excluding diaryl/α,β-unsaturated/α-hetero) is 1. The number of nitrogens with zero attached hydrogens (tertiary/aromatic N) is 4. The van der Waals surface area contributed by atoms with Crippen molar-refractivity contribution in [2.45, 2.75) is 43.2 Å². The first-order chi connectivity index (χ1) is 13.6. The third kappa shape index (κ3) is 5.23. The van der Waals surface area contributed by atoms with E-state index in [2.05, 4.69) is 22.1 Å². The lowest BCUT2D eigenvalue weighted by Gasteiger charge is -2.19. The minimum Gasteiger partial charge on any atom is -0.386 e. The molecule has 0 spiro atoms. The Morgan fingerprint density at radius 2 is 2.10 bits per heavy atom. The number of halogens is 1. The number of aryl methyl sites for hydroxylation is 1. The van der Waals surface area contributed by atoms with Gasteiger partial charge in [-0.25, -0.2) is 0 Å². The van der Waals surface area contributed by atoms with Gasteiger partial charge in [0.15, 0.2) is 10.9 Å². The van der Waals surface area contributed by atoms with Gasteiger partial charge in [-0.05, 0) is 38.0 Å². The van der Waals surface area contributed by atoms with Crippen LogP contribution in [0.5, 0.6) is 0 Å². The quantitative estimate of drug-likeness (QED) is 0.442. The predicted octanol–water partition coefficient (Wildman–Crippen LogP) is 4.37. The van der Waals surface area contributed by atoms with Crippen LogP contribution >= 0.6 is 23.4 Å². The first kappa shape index (κ1) is 21.5. The van der Waals surface area contributed by atoms with Crippen molar-refractivity contribution in [1.82, 2.24) is 19.7 Å². The van der Waals surface area contributed by atoms with E-state index < -0.39 is 5.60 Å². The van der Waals surface area contributed by atoms with E-state index in [1.54, 1.807) is 38.0 Å². The Morgan fingerprint density at radius 1 is 1.34 bits per heavy atom. The molecule has 0 unspecified atom stereocenters. The highest BCUT2D eigenvalue weighted by Crippen LogP contribution is 2.33. The van der Waals surface area contributed by atoms with E-state index >= 15 is 0 Å². The largest absolute Gasteiger partial charge is 0.386 e. The van der Waals surface area contributed by atoms with Crippen molar-refractivity contribution in [2.24, 2.45) is 7.05 Å². The van der Waals surface area contributed by atoms with E-state index in [0.29, 0.717) is 16.3 Å². The molecule has 0 radical (unpaired) electrons. The average Bonchev–Trinajstić information content (AvgIpc) is 3.06. The number of benzene rings is 1. The Balaban J connectivity index is 1.76. The molecular weight excluding hydrogens is 408 g/mol. The topological polar surface area (TPSA) is 80.9 Å². The summed E-state index contributed by atoms with van der Waals surface area (Å²) in [5, 5.41) is 19.6. The van der Waals surface area contributed by atoms with Gasteiger partial charge in [0.25, 0.3) is 0 Å². The number of pyridine rings is 1. The van der Waals surface area contributed by atoms with E-state index in [9.17, 15) is 9.90 Å². The molecule has 0 bridgehead atoms. The van der Waals surface area contributed by atoms with Crippen molar-refractivity contribution in [3.8, 4) is 0 Å². The molecule has 8 heteroatoms. The van der Waals surface area contributed by atoms with E-state index in [4.69, 9.17) is 11.6 Å². The zero-order chi connectivity index (χ0) is 21.2. The maximum absolute atomic E-state index is 12.8. The van der Waals surface area contributed by atoms with Gasteiger partial charge >= 0.3 is 0 Å². The van der Waals surface area contributed by atoms with Crippen LogP contribution in [0.25, 0.3) is 0 Å². The molecule has 152 valence electrons. The summed E-state index contributed by atoms with van der Waals surface area (Å²) in [6.45, 7) is 5.35. The van der Waals surface area contributed by atoms with Crippen molar-refractivity contribution in [1.29, 1.82) is 0 Å². The van der Waals surface area contributed by atoms with E-state index in [1.807, 2.05) is 35.9 Å². The van der Waals surface area contributed by atoms with Gasteiger partial charge in [0, 0.05) is 30.5 Å². The lowest BCUT2D eigenvalue weighted by atomic mass is 9.96. The van der Waals surface area contributed by atoms with Gasteiger partial charge in [-0.2, -0.15) is 0 Å². The predicted molar refractivity (Wildman–Crippen MR) is 114 cm³/mol. The first-order valence-electron chi connectivity index (χ1n) is 9.16. The third-order valence-electron chi connectivity index (χ3n) is 4.54. The molecule has 1 aromatic carbocycles. The molecule has 29 heavy (non-hydrogen) atoms. The number of hydrogen-bond acceptors (Lipinski definition) is 6. The first-order valence-corrected chi connectivity index (χ1v) is 10.4. The fourth-order valence-electron chi connectivity index (χ4n) is 2.90. The summed E-state index contributed by atoms with van der Waals surface area (Å²) >= 11 is 7.73. The summed E-state index contributed by atoms with van der Waals surface area (Å²) in [5.74, 6) is -0.127. The Labute approximate surface area is 179 Å². The highest BCUT2D eigenvalue weighted by atomic mass is 35.5. The molecule has 0 aliphatic carbocycles. The summed E-state index contributed by atoms with van der Waals surface area (Å²) in [5.41, 5.74) is 1.63. The highest BCUT2D eigenvalue weighted by molar-refractivity contribution is 7.99. The fourth-order valence-corrected chi connectivity index (χ4v) is 4.14. The molecule has 2 heterocycles. The molecule has 0 amide bonds. The molecule has 1 N–H and O–H groups in total. The number of ketones is 1. The van der Waals surface area contributed by atoms with Crippen LogP contribution in [0.15, 0.2) is 48.0 Å². The van der Waals surface area contributed by atoms with Gasteiger partial charge in [-0.1, -0.05) is 47.6 Å². The van der Waals surface area contributed by atoms with Crippen molar-refractivity contribution in [3.63, 3.8) is 0 Å². The minimum atomic E-state index is -1.15. The second kappa shape index (κ2) is 8.65. The molecule has 0 aliphatic heterocycles. The number of rotatable bonds is 7. The lowest BCUT2D eigenvalue weighted by Crippen LogP contribution is -2.18. The van der Waals surface area contributed by atoms with Gasteiger partial charge in [-0.15, -0.1) is 10.2 Å². The summed E-state index contributed by atoms with van der Waals surface area (Å²) in [6.07, 6.45) is 3.30. The number of carbonyl (C=O) groups is 1. The maximum atomic E-state index is 12.8. The Morgan fingerprint density at radius 3 is 2.76 bits per heavy atom. The molecule has 0 aliphatic rings. The number of thioether (sulfide) groups is 1. The summed E-state index contributed by atoms with van der Waals surface area (Å²) in [7, 11) is 1.91. The van der Waals surface area contributed by atoms with E-state index in [1.165, 1.54) is 6.20 Å². The van der Waals surface area contributed by atoms with Crippen molar-refractivity contribution in [3.05, 3.63) is 70.3 Å². The van der Waals surface area contributed by atoms with Crippen molar-refractivity contribution in [2.75, 3.05) is 0 Å². The van der Waals surface area contributed by atoms with Gasteiger partial charge in [0.2, 0.25) is 0 Å². The number of aliphatic hydroxyl groups is 1. The van der Waals surface area contributed by atoms with Gasteiger partial charge < -0.3 is 9.67 Å². The van der Waals surface area contributed by atoms with Crippen molar-refractivity contribution >= 4 is 29.1 Å². The molecule has 0 fully saturated rings. The monoisotopic (exact) mass is 430 g/mol. The molecule has 2 aromatic heterocycles. The van der Waals surface area contributed by atoms with Crippen LogP contribution in [0.1, 0.15) is 53.2 Å². The molecule has 3 rings (SSSR count). The lowest BCUT2D eigenvalue weighted by molar-refractivity contribution is 0.0784. The summed E-state index contributed by atoms with van der Waals surface area (Å²) in [4.78, 5) is 16.9. The van der Waals surface area contributed by atoms with Gasteiger partial charge in [0.05, 0.1) is 10.6 Å². The van der Waals surface area contributed by atoms with Crippen LogP contribution < -0.4 is 0 Å². The summed E-state index contributed by atoms with van der Waals surface area (Å²) in [6, 6.07) is 9.51. The normalized spacial score (nSPS) is 12.8. The second-order valence-corrected chi connectivity index (χ2v) is 9.15. The maximum Gasteiger partial charge on any atom is 0.191 e. The Kier molecular flexibility index (Phi) is 6.41. The zero-order valence-electron chi connectivity index (χ0n) is 16.8. The van der Waals surface area contributed by atoms with Crippen LogP contribution in [0.4, 0.5) is 0 Å². The second-order valence-electron chi connectivity index (χ2n) is 7.44. The Hall–Kier alpha value is -2.22. The van der Waals surface area contributed by atoms with Gasteiger partial charge in [0.1, 0.15) is 12.0 Å². The van der Waals surface area contributed by atoms with Gasteiger partial charge in [-0.3, -0.25) is 9.78 Å². The van der Waals surface area contributed by atoms with E-state index in [0.717, 1.165) is 16.3 Å². The van der Waals surface area contributed by atoms with Crippen LogP contribution in [0, 0.1) is 0 Å². The molecule has 6 nitrogen and oxygen atoms in total. The summed E-state index contributed by atoms with van der Waals surface area (Å²) < 4.78 is 1.88. The SMILES string of the molecule is C[C@H](Sc1nncn1C)c1cccc(CC(=O)c2cc(C(C)(C)O)c(Cl)cn2)c1. The minimum absolute atomic E-state index is 0.127. The van der Waals surface area contributed by atoms with Crippen LogP contribution in [0.3, 0.4) is 0 Å². The molecule has 0 saturated carbocycles. The third-order valence-corrected chi connectivity index (χ3v) is 6.04.